The van der Waals surface area contributed by atoms with Crippen molar-refractivity contribution < 1.29 is 19.0 Å². The Kier molecular flexibility index (Phi) is 6.22. The lowest BCUT2D eigenvalue weighted by molar-refractivity contribution is -0.132. The molecule has 0 atom stereocenters. The zero-order valence-electron chi connectivity index (χ0n) is 16.3. The first-order valence-corrected chi connectivity index (χ1v) is 9.31. The summed E-state index contributed by atoms with van der Waals surface area (Å²) in [5, 5.41) is 0. The first-order valence-electron chi connectivity index (χ1n) is 9.31. The van der Waals surface area contributed by atoms with Crippen LogP contribution in [0.25, 0.3) is 0 Å². The molecule has 1 aliphatic heterocycles. The van der Waals surface area contributed by atoms with E-state index in [-0.39, 0.29) is 5.91 Å². The van der Waals surface area contributed by atoms with Crippen LogP contribution in [-0.2, 0) is 17.8 Å². The molecule has 0 aliphatic carbocycles. The van der Waals surface area contributed by atoms with Crippen LogP contribution in [-0.4, -0.2) is 38.2 Å². The second-order valence-electron chi connectivity index (χ2n) is 6.81. The largest absolute Gasteiger partial charge is 0.494 e. The van der Waals surface area contributed by atoms with E-state index in [1.807, 2.05) is 48.2 Å². The van der Waals surface area contributed by atoms with Gasteiger partial charge in [-0.15, -0.1) is 0 Å². The molecule has 0 spiro atoms. The van der Waals surface area contributed by atoms with E-state index in [2.05, 4.69) is 0 Å². The summed E-state index contributed by atoms with van der Waals surface area (Å²) in [5.74, 6) is 2.47. The molecular weight excluding hydrogens is 342 g/mol. The van der Waals surface area contributed by atoms with E-state index < -0.39 is 0 Å². The molecule has 2 aromatic carbocycles. The molecule has 27 heavy (non-hydrogen) atoms. The summed E-state index contributed by atoms with van der Waals surface area (Å²) in [5.41, 5.74) is 3.52. The van der Waals surface area contributed by atoms with Crippen molar-refractivity contribution in [3.05, 3.63) is 53.1 Å². The summed E-state index contributed by atoms with van der Waals surface area (Å²) >= 11 is 0. The molecule has 0 unspecified atom stereocenters. The third-order valence-electron chi connectivity index (χ3n) is 4.86. The fraction of sp³-hybridized carbons (Fsp3) is 0.409. The minimum Gasteiger partial charge on any atom is -0.494 e. The Morgan fingerprint density at radius 2 is 1.81 bits per heavy atom. The maximum absolute atomic E-state index is 12.6. The molecule has 0 bridgehead atoms. The van der Waals surface area contributed by atoms with Gasteiger partial charge in [-0.05, 0) is 60.7 Å². The number of nitrogens with zero attached hydrogens (tertiary/aromatic N) is 1. The molecular formula is C22H27NO4. The summed E-state index contributed by atoms with van der Waals surface area (Å²) in [6.07, 6.45) is 2.04. The lowest BCUT2D eigenvalue weighted by Crippen LogP contribution is -2.36. The standard InChI is InChI=1S/C22H27NO4/c1-16-6-4-7-19(12-16)27-11-5-8-22(24)23-10-9-17-13-20(25-2)21(26-3)14-18(17)15-23/h4,6-7,12-14H,5,8-11,15H2,1-3H3. The molecule has 1 amide bonds. The fourth-order valence-corrected chi connectivity index (χ4v) is 3.37. The topological polar surface area (TPSA) is 48.0 Å². The van der Waals surface area contributed by atoms with Crippen molar-refractivity contribution in [3.63, 3.8) is 0 Å². The van der Waals surface area contributed by atoms with Gasteiger partial charge in [0.25, 0.3) is 0 Å². The molecule has 1 heterocycles. The van der Waals surface area contributed by atoms with E-state index in [1.54, 1.807) is 14.2 Å². The first kappa shape index (κ1) is 19.1. The average molecular weight is 369 g/mol. The van der Waals surface area contributed by atoms with E-state index >= 15 is 0 Å². The van der Waals surface area contributed by atoms with Crippen LogP contribution in [0.5, 0.6) is 17.2 Å². The number of carbonyl (C=O) groups is 1. The molecule has 0 N–H and O–H groups in total. The summed E-state index contributed by atoms with van der Waals surface area (Å²) in [7, 11) is 3.27. The molecule has 0 radical (unpaired) electrons. The minimum atomic E-state index is 0.170. The number of carbonyl (C=O) groups excluding carboxylic acids is 1. The smallest absolute Gasteiger partial charge is 0.223 e. The van der Waals surface area contributed by atoms with Gasteiger partial charge in [0.15, 0.2) is 11.5 Å². The van der Waals surface area contributed by atoms with Crippen LogP contribution in [0.4, 0.5) is 0 Å². The number of hydrogen-bond donors (Lipinski definition) is 0. The van der Waals surface area contributed by atoms with Gasteiger partial charge < -0.3 is 19.1 Å². The maximum atomic E-state index is 12.6. The monoisotopic (exact) mass is 369 g/mol. The molecule has 0 saturated carbocycles. The van der Waals surface area contributed by atoms with Crippen molar-refractivity contribution in [1.82, 2.24) is 4.90 Å². The quantitative estimate of drug-likeness (QED) is 0.698. The Balaban J connectivity index is 1.51. The van der Waals surface area contributed by atoms with Crippen LogP contribution in [0, 0.1) is 6.92 Å². The normalized spacial score (nSPS) is 13.1. The molecule has 2 aromatic rings. The van der Waals surface area contributed by atoms with Gasteiger partial charge in [-0.25, -0.2) is 0 Å². The highest BCUT2D eigenvalue weighted by atomic mass is 16.5. The lowest BCUT2D eigenvalue weighted by Gasteiger charge is -2.29. The Hall–Kier alpha value is -2.69. The summed E-state index contributed by atoms with van der Waals surface area (Å²) in [6.45, 7) is 3.94. The Morgan fingerprint density at radius 1 is 1.07 bits per heavy atom. The molecule has 5 heteroatoms. The van der Waals surface area contributed by atoms with E-state index in [0.717, 1.165) is 30.0 Å². The SMILES string of the molecule is COc1cc2c(cc1OC)CN(C(=O)CCCOc1cccc(C)c1)CC2. The van der Waals surface area contributed by atoms with Gasteiger partial charge in [0.05, 0.1) is 20.8 Å². The second kappa shape index (κ2) is 8.80. The molecule has 0 aromatic heterocycles. The number of aryl methyl sites for hydroxylation is 1. The van der Waals surface area contributed by atoms with Crippen LogP contribution in [0.2, 0.25) is 0 Å². The van der Waals surface area contributed by atoms with Gasteiger partial charge in [0.1, 0.15) is 5.75 Å². The molecule has 3 rings (SSSR count). The third-order valence-corrected chi connectivity index (χ3v) is 4.86. The van der Waals surface area contributed by atoms with Gasteiger partial charge in [-0.2, -0.15) is 0 Å². The predicted octanol–water partition coefficient (Wildman–Crippen LogP) is 3.76. The van der Waals surface area contributed by atoms with E-state index in [4.69, 9.17) is 14.2 Å². The number of amides is 1. The maximum Gasteiger partial charge on any atom is 0.223 e. The van der Waals surface area contributed by atoms with E-state index in [1.165, 1.54) is 11.1 Å². The van der Waals surface area contributed by atoms with Crippen LogP contribution >= 0.6 is 0 Å². The molecule has 5 nitrogen and oxygen atoms in total. The predicted molar refractivity (Wildman–Crippen MR) is 105 cm³/mol. The zero-order valence-corrected chi connectivity index (χ0v) is 16.3. The number of benzene rings is 2. The van der Waals surface area contributed by atoms with Gasteiger partial charge in [0.2, 0.25) is 5.91 Å². The zero-order chi connectivity index (χ0) is 19.2. The molecule has 144 valence electrons. The number of ether oxygens (including phenoxy) is 3. The molecule has 0 saturated heterocycles. The Morgan fingerprint density at radius 3 is 2.52 bits per heavy atom. The van der Waals surface area contributed by atoms with Crippen molar-refractivity contribution in [2.45, 2.75) is 32.7 Å². The highest BCUT2D eigenvalue weighted by molar-refractivity contribution is 5.76. The van der Waals surface area contributed by atoms with Gasteiger partial charge in [-0.1, -0.05) is 12.1 Å². The Bertz CT molecular complexity index is 803. The van der Waals surface area contributed by atoms with Crippen molar-refractivity contribution in [2.24, 2.45) is 0 Å². The van der Waals surface area contributed by atoms with Gasteiger partial charge >= 0.3 is 0 Å². The van der Waals surface area contributed by atoms with Crippen molar-refractivity contribution in [3.8, 4) is 17.2 Å². The second-order valence-corrected chi connectivity index (χ2v) is 6.81. The highest BCUT2D eigenvalue weighted by Crippen LogP contribution is 2.33. The van der Waals surface area contributed by atoms with Gasteiger partial charge in [-0.3, -0.25) is 4.79 Å². The number of rotatable bonds is 7. The minimum absolute atomic E-state index is 0.170. The van der Waals surface area contributed by atoms with Gasteiger partial charge in [0, 0.05) is 19.5 Å². The fourth-order valence-electron chi connectivity index (χ4n) is 3.37. The van der Waals surface area contributed by atoms with E-state index in [0.29, 0.717) is 31.7 Å². The summed E-state index contributed by atoms with van der Waals surface area (Å²) < 4.78 is 16.5. The highest BCUT2D eigenvalue weighted by Gasteiger charge is 2.22. The average Bonchev–Trinajstić information content (AvgIpc) is 2.69. The summed E-state index contributed by atoms with van der Waals surface area (Å²) in [4.78, 5) is 14.5. The van der Waals surface area contributed by atoms with Crippen LogP contribution < -0.4 is 14.2 Å². The lowest BCUT2D eigenvalue weighted by atomic mass is 9.98. The number of fused-ring (bicyclic) bond motifs is 1. The van der Waals surface area contributed by atoms with Crippen LogP contribution in [0.3, 0.4) is 0 Å². The molecule has 1 aliphatic rings. The van der Waals surface area contributed by atoms with Crippen molar-refractivity contribution in [2.75, 3.05) is 27.4 Å². The van der Waals surface area contributed by atoms with E-state index in [9.17, 15) is 4.79 Å². The number of methoxy groups -OCH3 is 2. The Labute approximate surface area is 160 Å². The van der Waals surface area contributed by atoms with Crippen LogP contribution in [0.1, 0.15) is 29.5 Å². The van der Waals surface area contributed by atoms with Crippen molar-refractivity contribution in [1.29, 1.82) is 0 Å². The first-order chi connectivity index (χ1) is 13.1. The summed E-state index contributed by atoms with van der Waals surface area (Å²) in [6, 6.07) is 12.0. The van der Waals surface area contributed by atoms with Crippen LogP contribution in [0.15, 0.2) is 36.4 Å². The van der Waals surface area contributed by atoms with Crippen molar-refractivity contribution >= 4 is 5.91 Å². The third kappa shape index (κ3) is 4.73. The molecule has 0 fully saturated rings. The number of hydrogen-bond acceptors (Lipinski definition) is 4.